The minimum Gasteiger partial charge on any atom is 0 e. The van der Waals surface area contributed by atoms with E-state index in [0.717, 1.165) is 0 Å². The molecule has 0 heterocycles. The minimum absolute atomic E-state index is 0. The Morgan fingerprint density at radius 1 is 1.00 bits per heavy atom. The summed E-state index contributed by atoms with van der Waals surface area (Å²) in [7, 11) is 0. The molecular formula is BiMoSnZr. The fraction of sp³-hybridized carbons (Fsp3) is 0. The molecule has 0 bridgehead atoms. The van der Waals surface area contributed by atoms with Crippen LogP contribution in [0.15, 0.2) is 0 Å². The third kappa shape index (κ3) is 8.98. The van der Waals surface area contributed by atoms with Crippen LogP contribution in [0, 0.1) is 0 Å². The number of rotatable bonds is 0. The number of hydrogen-bond acceptors (Lipinski definition) is 0. The van der Waals surface area contributed by atoms with Gasteiger partial charge in [0.15, 0.2) is 0 Å². The van der Waals surface area contributed by atoms with Gasteiger partial charge in [-0.1, -0.05) is 0 Å². The summed E-state index contributed by atoms with van der Waals surface area (Å²) in [6.07, 6.45) is 0. The van der Waals surface area contributed by atoms with E-state index in [-0.39, 0.29) is 97.4 Å². The van der Waals surface area contributed by atoms with E-state index in [1.165, 1.54) is 0 Å². The normalized spacial score (nSPS) is 0. The molecule has 0 nitrogen and oxygen atoms in total. The second-order valence-corrected chi connectivity index (χ2v) is 0. The molecule has 0 atom stereocenters. The number of hydrogen-bond donors (Lipinski definition) is 0. The summed E-state index contributed by atoms with van der Waals surface area (Å²) in [6.45, 7) is 0. The molecule has 0 aliphatic carbocycles. The van der Waals surface area contributed by atoms with E-state index in [0.29, 0.717) is 0 Å². The first-order valence-electron chi connectivity index (χ1n) is 0. The first-order chi connectivity index (χ1) is 0. The van der Waals surface area contributed by atoms with Crippen molar-refractivity contribution in [3.63, 3.8) is 0 Å². The molecule has 0 aromatic carbocycles. The molecule has 0 saturated carbocycles. The van der Waals surface area contributed by atoms with Crippen molar-refractivity contribution in [2.45, 2.75) is 0 Å². The largest absolute Gasteiger partial charge is 0 e. The van der Waals surface area contributed by atoms with Gasteiger partial charge in [-0.2, -0.15) is 0 Å². The molecule has 0 aliphatic rings. The van der Waals surface area contributed by atoms with Crippen LogP contribution in [0.2, 0.25) is 0 Å². The van der Waals surface area contributed by atoms with Gasteiger partial charge in [-0.25, -0.2) is 0 Å². The van der Waals surface area contributed by atoms with Crippen LogP contribution >= 0.6 is 0 Å². The second-order valence-electron chi connectivity index (χ2n) is 0. The van der Waals surface area contributed by atoms with Gasteiger partial charge >= 0.3 is 0 Å². The van der Waals surface area contributed by atoms with Crippen LogP contribution < -0.4 is 0 Å². The zero-order valence-electron chi connectivity index (χ0n) is 1.86. The van der Waals surface area contributed by atoms with Crippen molar-refractivity contribution in [3.8, 4) is 0 Å². The van der Waals surface area contributed by atoms with Gasteiger partial charge in [-0.3, -0.25) is 0 Å². The van der Waals surface area contributed by atoms with E-state index in [4.69, 9.17) is 0 Å². The second kappa shape index (κ2) is 16.3. The van der Waals surface area contributed by atoms with Gasteiger partial charge < -0.3 is 0 Å². The topological polar surface area (TPSA) is 0 Å². The van der Waals surface area contributed by atoms with Gasteiger partial charge in [0.2, 0.25) is 0 Å². The van der Waals surface area contributed by atoms with Gasteiger partial charge in [0.25, 0.3) is 0 Å². The maximum Gasteiger partial charge on any atom is 0 e. The Morgan fingerprint density at radius 2 is 1.00 bits per heavy atom. The summed E-state index contributed by atoms with van der Waals surface area (Å²) in [4.78, 5) is 0. The van der Waals surface area contributed by atoms with Crippen molar-refractivity contribution in [1.29, 1.82) is 0 Å². The molecule has 0 rings (SSSR count). The Morgan fingerprint density at radius 3 is 1.00 bits per heavy atom. The van der Waals surface area contributed by atoms with E-state index >= 15 is 0 Å². The van der Waals surface area contributed by atoms with Crippen LogP contribution in [-0.4, -0.2) is 50.1 Å². The van der Waals surface area contributed by atoms with Crippen LogP contribution in [0.1, 0.15) is 0 Å². The standard InChI is InChI=1S/Bi.Mo.Sn.Zr. The average Bonchev–Trinajstić information content (AvgIpc) is 0. The van der Waals surface area contributed by atoms with Gasteiger partial charge in [0, 0.05) is 97.4 Å². The third-order valence-corrected chi connectivity index (χ3v) is 0. The molecule has 7 radical (unpaired) electrons. The van der Waals surface area contributed by atoms with Crippen LogP contribution in [0.25, 0.3) is 0 Å². The first kappa shape index (κ1) is 26.8. The van der Waals surface area contributed by atoms with E-state index in [2.05, 4.69) is 0 Å². The molecule has 4 heteroatoms. The Labute approximate surface area is 95.3 Å². The van der Waals surface area contributed by atoms with Crippen molar-refractivity contribution in [2.24, 2.45) is 0 Å². The van der Waals surface area contributed by atoms with Crippen LogP contribution in [0.4, 0.5) is 0 Å². The smallest absolute Gasteiger partial charge is 0 e. The van der Waals surface area contributed by atoms with E-state index in [9.17, 15) is 0 Å². The molecule has 19 valence electrons. The minimum atomic E-state index is 0. The Balaban J connectivity index is 0. The van der Waals surface area contributed by atoms with Crippen LogP contribution in [0.5, 0.6) is 0 Å². The summed E-state index contributed by atoms with van der Waals surface area (Å²) in [6, 6.07) is 0. The fourth-order valence-corrected chi connectivity index (χ4v) is 0. The van der Waals surface area contributed by atoms with Crippen molar-refractivity contribution >= 4 is 50.1 Å². The predicted octanol–water partition coefficient (Wildman–Crippen LogP) is -0.767. The molecule has 0 N–H and O–H groups in total. The molecule has 0 amide bonds. The molecule has 0 aromatic rings. The maximum absolute atomic E-state index is 0. The Hall–Kier alpha value is 3.25. The van der Waals surface area contributed by atoms with Crippen molar-refractivity contribution in [3.05, 3.63) is 0 Å². The van der Waals surface area contributed by atoms with Crippen molar-refractivity contribution in [2.75, 3.05) is 0 Å². The van der Waals surface area contributed by atoms with E-state index in [1.807, 2.05) is 0 Å². The zero-order chi connectivity index (χ0) is 0. The van der Waals surface area contributed by atoms with Gasteiger partial charge in [-0.15, -0.1) is 0 Å². The van der Waals surface area contributed by atoms with Gasteiger partial charge in [0.1, 0.15) is 0 Å². The van der Waals surface area contributed by atoms with Crippen molar-refractivity contribution in [1.82, 2.24) is 0 Å². The molecule has 0 aliphatic heterocycles. The van der Waals surface area contributed by atoms with Crippen molar-refractivity contribution < 1.29 is 47.3 Å². The van der Waals surface area contributed by atoms with Gasteiger partial charge in [0.05, 0.1) is 0 Å². The fourth-order valence-electron chi connectivity index (χ4n) is 0. The summed E-state index contributed by atoms with van der Waals surface area (Å²) in [5, 5.41) is 0. The molecule has 0 unspecified atom stereocenters. The molecule has 0 fully saturated rings. The van der Waals surface area contributed by atoms with Crippen LogP contribution in [0.3, 0.4) is 0 Å². The SMILES string of the molecule is [Bi].[Mo].[Sn].[Zr]. The summed E-state index contributed by atoms with van der Waals surface area (Å²) < 4.78 is 0. The third-order valence-electron chi connectivity index (χ3n) is 0. The first-order valence-corrected chi connectivity index (χ1v) is 0. The molecule has 4 heavy (non-hydrogen) atoms. The Kier molecular flexibility index (Phi) is 109. The zero-order valence-corrected chi connectivity index (χ0v) is 12.7. The summed E-state index contributed by atoms with van der Waals surface area (Å²) in [5.74, 6) is 0. The predicted molar refractivity (Wildman–Crippen MR) is 11.5 cm³/mol. The Bertz CT molecular complexity index is 8.00. The monoisotopic (exact) mass is 517 g/mol. The van der Waals surface area contributed by atoms with Gasteiger partial charge in [-0.05, 0) is 0 Å². The molecular weight excluding hydrogens is 515 g/mol. The molecule has 0 aromatic heterocycles. The molecule has 0 saturated heterocycles. The summed E-state index contributed by atoms with van der Waals surface area (Å²) in [5.41, 5.74) is 0. The quantitative estimate of drug-likeness (QED) is 0.373. The maximum atomic E-state index is 0. The molecule has 0 spiro atoms. The van der Waals surface area contributed by atoms with E-state index in [1.54, 1.807) is 0 Å². The average molecular weight is 515 g/mol. The summed E-state index contributed by atoms with van der Waals surface area (Å²) >= 11 is 0. The van der Waals surface area contributed by atoms with E-state index < -0.39 is 0 Å². The van der Waals surface area contributed by atoms with Crippen LogP contribution in [-0.2, 0) is 47.3 Å².